The third-order valence-electron chi connectivity index (χ3n) is 1.92. The van der Waals surface area contributed by atoms with E-state index < -0.39 is 0 Å². The van der Waals surface area contributed by atoms with Gasteiger partial charge in [-0.2, -0.15) is 0 Å². The standard InChI is InChI=1S/C9H13O/c10-8-9-6-4-2-1-3-5-7-9/h6H,1-5,7H2/b9-6+. The van der Waals surface area contributed by atoms with Crippen molar-refractivity contribution >= 4 is 6.29 Å². The van der Waals surface area contributed by atoms with Crippen molar-refractivity contribution in [1.29, 1.82) is 0 Å². The van der Waals surface area contributed by atoms with E-state index in [1.165, 1.54) is 25.7 Å². The van der Waals surface area contributed by atoms with Gasteiger partial charge < -0.3 is 0 Å². The van der Waals surface area contributed by atoms with E-state index >= 15 is 0 Å². The van der Waals surface area contributed by atoms with Gasteiger partial charge >= 0.3 is 0 Å². The van der Waals surface area contributed by atoms with Crippen LogP contribution in [0.5, 0.6) is 0 Å². The highest BCUT2D eigenvalue weighted by molar-refractivity contribution is 5.73. The van der Waals surface area contributed by atoms with Crippen LogP contribution in [0.3, 0.4) is 0 Å². The van der Waals surface area contributed by atoms with Gasteiger partial charge in [0.2, 0.25) is 6.29 Å². The maximum Gasteiger partial charge on any atom is 0.228 e. The van der Waals surface area contributed by atoms with Gasteiger partial charge in [0.15, 0.2) is 0 Å². The first-order chi connectivity index (χ1) is 4.93. The summed E-state index contributed by atoms with van der Waals surface area (Å²) in [6.07, 6.45) is 11.0. The number of hydrogen-bond acceptors (Lipinski definition) is 1. The summed E-state index contributed by atoms with van der Waals surface area (Å²) in [5.74, 6) is 0. The second-order valence-corrected chi connectivity index (χ2v) is 2.78. The second-order valence-electron chi connectivity index (χ2n) is 2.78. The molecule has 1 rings (SSSR count). The Bertz CT molecular complexity index is 136. The van der Waals surface area contributed by atoms with E-state index in [4.69, 9.17) is 0 Å². The van der Waals surface area contributed by atoms with Crippen molar-refractivity contribution < 1.29 is 4.79 Å². The Morgan fingerprint density at radius 2 is 2.00 bits per heavy atom. The average molecular weight is 137 g/mol. The van der Waals surface area contributed by atoms with Gasteiger partial charge in [-0.25, -0.2) is 0 Å². The van der Waals surface area contributed by atoms with Crippen LogP contribution in [0, 0.1) is 0 Å². The molecular formula is C9H13O. The molecule has 0 aromatic carbocycles. The van der Waals surface area contributed by atoms with Gasteiger partial charge in [-0.3, -0.25) is 4.79 Å². The predicted molar refractivity (Wildman–Crippen MR) is 41.5 cm³/mol. The van der Waals surface area contributed by atoms with Crippen LogP contribution in [-0.4, -0.2) is 6.29 Å². The Balaban J connectivity index is 2.43. The molecule has 1 heteroatoms. The van der Waals surface area contributed by atoms with Crippen molar-refractivity contribution in [2.45, 2.75) is 38.5 Å². The van der Waals surface area contributed by atoms with Crippen LogP contribution in [0.25, 0.3) is 0 Å². The Morgan fingerprint density at radius 1 is 1.20 bits per heavy atom. The molecule has 0 saturated heterocycles. The van der Waals surface area contributed by atoms with E-state index in [1.54, 1.807) is 0 Å². The van der Waals surface area contributed by atoms with E-state index in [0.29, 0.717) is 0 Å². The van der Waals surface area contributed by atoms with E-state index in [0.717, 1.165) is 18.4 Å². The van der Waals surface area contributed by atoms with Crippen molar-refractivity contribution in [3.8, 4) is 0 Å². The number of carbonyl (C=O) groups excluding carboxylic acids is 1. The fraction of sp³-hybridized carbons (Fsp3) is 0.667. The summed E-state index contributed by atoms with van der Waals surface area (Å²) in [6, 6.07) is 0. The Kier molecular flexibility index (Phi) is 3.20. The van der Waals surface area contributed by atoms with Crippen LogP contribution >= 0.6 is 0 Å². The average Bonchev–Trinajstić information content (AvgIpc) is 1.87. The van der Waals surface area contributed by atoms with Crippen molar-refractivity contribution in [3.05, 3.63) is 11.6 Å². The molecular weight excluding hydrogens is 124 g/mol. The molecule has 0 bridgehead atoms. The number of rotatable bonds is 1. The summed E-state index contributed by atoms with van der Waals surface area (Å²) in [5, 5.41) is 0. The lowest BCUT2D eigenvalue weighted by molar-refractivity contribution is 0.555. The Labute approximate surface area is 62.1 Å². The molecule has 0 spiro atoms. The zero-order valence-electron chi connectivity index (χ0n) is 6.23. The smallest absolute Gasteiger partial charge is 0.228 e. The van der Waals surface area contributed by atoms with E-state index in [1.807, 2.05) is 12.4 Å². The van der Waals surface area contributed by atoms with Crippen LogP contribution in [0.2, 0.25) is 0 Å². The van der Waals surface area contributed by atoms with Crippen molar-refractivity contribution in [3.63, 3.8) is 0 Å². The molecule has 55 valence electrons. The van der Waals surface area contributed by atoms with Crippen molar-refractivity contribution in [1.82, 2.24) is 0 Å². The predicted octanol–water partition coefficient (Wildman–Crippen LogP) is 2.38. The zero-order chi connectivity index (χ0) is 7.23. The summed E-state index contributed by atoms with van der Waals surface area (Å²) < 4.78 is 0. The molecule has 1 radical (unpaired) electrons. The molecule has 10 heavy (non-hydrogen) atoms. The molecule has 0 atom stereocenters. The maximum absolute atomic E-state index is 10.2. The first kappa shape index (κ1) is 7.52. The van der Waals surface area contributed by atoms with Crippen LogP contribution < -0.4 is 0 Å². The Morgan fingerprint density at radius 3 is 2.80 bits per heavy atom. The van der Waals surface area contributed by atoms with Gasteiger partial charge in [0.1, 0.15) is 0 Å². The second kappa shape index (κ2) is 4.26. The van der Waals surface area contributed by atoms with Gasteiger partial charge in [-0.1, -0.05) is 18.9 Å². The highest BCUT2D eigenvalue weighted by Crippen LogP contribution is 2.14. The monoisotopic (exact) mass is 137 g/mol. The normalized spacial score (nSPS) is 25.8. The third kappa shape index (κ3) is 2.34. The van der Waals surface area contributed by atoms with Crippen LogP contribution in [0.15, 0.2) is 11.6 Å². The molecule has 1 aliphatic carbocycles. The fourth-order valence-electron chi connectivity index (χ4n) is 1.28. The highest BCUT2D eigenvalue weighted by Gasteiger charge is 1.99. The highest BCUT2D eigenvalue weighted by atomic mass is 16.1. The lowest BCUT2D eigenvalue weighted by Crippen LogP contribution is -1.90. The largest absolute Gasteiger partial charge is 0.285 e. The summed E-state index contributed by atoms with van der Waals surface area (Å²) >= 11 is 0. The molecule has 0 unspecified atom stereocenters. The van der Waals surface area contributed by atoms with Gasteiger partial charge in [0.05, 0.1) is 0 Å². The summed E-state index contributed by atoms with van der Waals surface area (Å²) in [5.41, 5.74) is 0.889. The van der Waals surface area contributed by atoms with Gasteiger partial charge in [-0.05, 0) is 31.3 Å². The minimum atomic E-state index is 0.889. The van der Waals surface area contributed by atoms with Gasteiger partial charge in [-0.15, -0.1) is 0 Å². The molecule has 0 fully saturated rings. The first-order valence-corrected chi connectivity index (χ1v) is 4.00. The van der Waals surface area contributed by atoms with Crippen molar-refractivity contribution in [2.75, 3.05) is 0 Å². The lowest BCUT2D eigenvalue weighted by Gasteiger charge is -2.04. The molecule has 1 nitrogen and oxygen atoms in total. The first-order valence-electron chi connectivity index (χ1n) is 4.00. The van der Waals surface area contributed by atoms with Gasteiger partial charge in [0.25, 0.3) is 0 Å². The third-order valence-corrected chi connectivity index (χ3v) is 1.92. The SMILES string of the molecule is O=[C]/C1=C/CCCCCC1. The lowest BCUT2D eigenvalue weighted by atomic mass is 10.0. The molecule has 0 aliphatic heterocycles. The molecule has 0 amide bonds. The minimum absolute atomic E-state index is 0.889. The number of allylic oxidation sites excluding steroid dienone is 2. The maximum atomic E-state index is 10.2. The van der Waals surface area contributed by atoms with Crippen LogP contribution in [-0.2, 0) is 4.79 Å². The summed E-state index contributed by atoms with van der Waals surface area (Å²) in [7, 11) is 0. The van der Waals surface area contributed by atoms with Crippen molar-refractivity contribution in [2.24, 2.45) is 0 Å². The Hall–Kier alpha value is -0.590. The molecule has 0 N–H and O–H groups in total. The van der Waals surface area contributed by atoms with Gasteiger partial charge in [0, 0.05) is 0 Å². The van der Waals surface area contributed by atoms with E-state index in [-0.39, 0.29) is 0 Å². The molecule has 0 aromatic rings. The topological polar surface area (TPSA) is 17.1 Å². The van der Waals surface area contributed by atoms with Crippen LogP contribution in [0.4, 0.5) is 0 Å². The molecule has 0 heterocycles. The number of hydrogen-bond donors (Lipinski definition) is 0. The van der Waals surface area contributed by atoms with E-state index in [2.05, 4.69) is 0 Å². The molecule has 1 aliphatic rings. The minimum Gasteiger partial charge on any atom is -0.285 e. The molecule has 0 saturated carbocycles. The molecule has 0 aromatic heterocycles. The fourth-order valence-corrected chi connectivity index (χ4v) is 1.28. The van der Waals surface area contributed by atoms with E-state index in [9.17, 15) is 4.79 Å². The summed E-state index contributed by atoms with van der Waals surface area (Å²) in [6.45, 7) is 0. The summed E-state index contributed by atoms with van der Waals surface area (Å²) in [4.78, 5) is 10.2. The van der Waals surface area contributed by atoms with Crippen LogP contribution in [0.1, 0.15) is 38.5 Å². The zero-order valence-corrected chi connectivity index (χ0v) is 6.23. The quantitative estimate of drug-likeness (QED) is 0.542.